The lowest BCUT2D eigenvalue weighted by Gasteiger charge is -2.23. The highest BCUT2D eigenvalue weighted by Gasteiger charge is 2.11. The number of hydrogen-bond donors (Lipinski definition) is 2. The van der Waals surface area contributed by atoms with Gasteiger partial charge in [0.15, 0.2) is 0 Å². The first kappa shape index (κ1) is 9.70. The summed E-state index contributed by atoms with van der Waals surface area (Å²) in [6, 6.07) is 2.07. The fourth-order valence-corrected chi connectivity index (χ4v) is 1.81. The number of hydrazine groups is 1. The lowest BCUT2D eigenvalue weighted by Crippen LogP contribution is -2.39. The van der Waals surface area contributed by atoms with Crippen LogP contribution >= 0.6 is 15.9 Å². The van der Waals surface area contributed by atoms with Gasteiger partial charge in [0.05, 0.1) is 6.54 Å². The summed E-state index contributed by atoms with van der Waals surface area (Å²) >= 11 is 3.42. The first-order valence-corrected chi connectivity index (χ1v) is 5.20. The van der Waals surface area contributed by atoms with Crippen LogP contribution in [0, 0.1) is 0 Å². The molecule has 1 aliphatic heterocycles. The van der Waals surface area contributed by atoms with E-state index in [9.17, 15) is 0 Å². The van der Waals surface area contributed by atoms with E-state index >= 15 is 0 Å². The van der Waals surface area contributed by atoms with E-state index in [0.29, 0.717) is 6.54 Å². The predicted molar refractivity (Wildman–Crippen MR) is 58.6 cm³/mol. The summed E-state index contributed by atoms with van der Waals surface area (Å²) in [6.07, 6.45) is 3.76. The Morgan fingerprint density at radius 2 is 2.50 bits per heavy atom. The van der Waals surface area contributed by atoms with Gasteiger partial charge in [0.2, 0.25) is 0 Å². The molecule has 0 aromatic carbocycles. The molecule has 0 unspecified atom stereocenters. The van der Waals surface area contributed by atoms with Crippen LogP contribution in [-0.4, -0.2) is 29.1 Å². The van der Waals surface area contributed by atoms with E-state index in [1.165, 1.54) is 5.69 Å². The maximum Gasteiger partial charge on any atom is 0.121 e. The van der Waals surface area contributed by atoms with Crippen LogP contribution in [0.3, 0.4) is 0 Å². The summed E-state index contributed by atoms with van der Waals surface area (Å²) in [5, 5.41) is 5.99. The van der Waals surface area contributed by atoms with Crippen LogP contribution in [0.5, 0.6) is 0 Å². The Bertz CT molecular complexity index is 346. The van der Waals surface area contributed by atoms with Crippen LogP contribution in [0.2, 0.25) is 0 Å². The van der Waals surface area contributed by atoms with E-state index in [4.69, 9.17) is 5.73 Å². The van der Waals surface area contributed by atoms with Gasteiger partial charge in [-0.05, 0) is 22.0 Å². The van der Waals surface area contributed by atoms with Crippen LogP contribution in [-0.2, 0) is 6.54 Å². The molecule has 1 aromatic heterocycles. The number of fused-ring (bicyclic) bond motifs is 1. The number of hydrazone groups is 1. The Morgan fingerprint density at radius 1 is 1.64 bits per heavy atom. The summed E-state index contributed by atoms with van der Waals surface area (Å²) in [5.74, 6) is 0. The van der Waals surface area contributed by atoms with Crippen molar-refractivity contribution in [3.05, 3.63) is 22.4 Å². The van der Waals surface area contributed by atoms with Crippen LogP contribution in [0.25, 0.3) is 0 Å². The van der Waals surface area contributed by atoms with Crippen molar-refractivity contribution in [3.8, 4) is 0 Å². The molecule has 0 radical (unpaired) electrons. The number of rotatable bonds is 3. The highest BCUT2D eigenvalue weighted by Crippen LogP contribution is 2.17. The van der Waals surface area contributed by atoms with Gasteiger partial charge in [-0.25, -0.2) is 10.5 Å². The van der Waals surface area contributed by atoms with E-state index in [1.54, 1.807) is 11.5 Å². The Kier molecular flexibility index (Phi) is 2.85. The fourth-order valence-electron chi connectivity index (χ4n) is 1.32. The number of nitrogens with two attached hydrogens (primary N) is 1. The zero-order valence-corrected chi connectivity index (χ0v) is 9.24. The number of nitrogens with one attached hydrogen (secondary N) is 1. The molecule has 0 amide bonds. The summed E-state index contributed by atoms with van der Waals surface area (Å²) in [6.45, 7) is 2.10. The summed E-state index contributed by atoms with van der Waals surface area (Å²) in [7, 11) is 0. The van der Waals surface area contributed by atoms with Crippen molar-refractivity contribution in [2.45, 2.75) is 6.54 Å². The third-order valence-corrected chi connectivity index (χ3v) is 2.40. The van der Waals surface area contributed by atoms with Crippen molar-refractivity contribution in [2.75, 3.05) is 13.1 Å². The van der Waals surface area contributed by atoms with Gasteiger partial charge in [-0.15, -0.1) is 0 Å². The third-order valence-electron chi connectivity index (χ3n) is 1.96. The highest BCUT2D eigenvalue weighted by atomic mass is 79.9. The van der Waals surface area contributed by atoms with Gasteiger partial charge in [-0.3, -0.25) is 0 Å². The number of aromatic nitrogens is 1. The summed E-state index contributed by atoms with van der Waals surface area (Å²) < 4.78 is 3.06. The minimum absolute atomic E-state index is 0.608. The smallest absolute Gasteiger partial charge is 0.121 e. The van der Waals surface area contributed by atoms with Crippen LogP contribution < -0.4 is 11.2 Å². The monoisotopic (exact) mass is 257 g/mol. The number of halogens is 1. The highest BCUT2D eigenvalue weighted by molar-refractivity contribution is 9.10. The molecule has 14 heavy (non-hydrogen) atoms. The van der Waals surface area contributed by atoms with Crippen LogP contribution in [0.4, 0.5) is 0 Å². The van der Waals surface area contributed by atoms with Gasteiger partial charge in [0, 0.05) is 29.5 Å². The van der Waals surface area contributed by atoms with E-state index in [-0.39, 0.29) is 0 Å². The molecule has 0 spiro atoms. The Hall–Kier alpha value is -0.850. The zero-order valence-electron chi connectivity index (χ0n) is 7.65. The van der Waals surface area contributed by atoms with Crippen molar-refractivity contribution in [1.82, 2.24) is 15.1 Å². The van der Waals surface area contributed by atoms with Crippen molar-refractivity contribution in [1.29, 1.82) is 0 Å². The SMILES string of the molecule is NCCNN1Cc2cc(Br)cn2C=N1. The molecule has 0 atom stereocenters. The number of nitrogens with zero attached hydrogens (tertiary/aromatic N) is 3. The minimum atomic E-state index is 0.608. The van der Waals surface area contributed by atoms with E-state index in [1.807, 2.05) is 10.8 Å². The standard InChI is InChI=1S/C8H12BrN5/c9-7-3-8-5-14(11-2-1-10)12-6-13(8)4-7/h3-4,6,11H,1-2,5,10H2. The molecule has 1 aliphatic rings. The van der Waals surface area contributed by atoms with Gasteiger partial charge >= 0.3 is 0 Å². The summed E-state index contributed by atoms with van der Waals surface area (Å²) in [5.41, 5.74) is 9.68. The molecule has 0 aliphatic carbocycles. The van der Waals surface area contributed by atoms with E-state index in [0.717, 1.165) is 17.6 Å². The maximum atomic E-state index is 5.39. The predicted octanol–water partition coefficient (Wildman–Crippen LogP) is 0.321. The average molecular weight is 258 g/mol. The molecule has 0 saturated heterocycles. The normalized spacial score (nSPS) is 14.6. The second kappa shape index (κ2) is 4.12. The minimum Gasteiger partial charge on any atom is -0.329 e. The van der Waals surface area contributed by atoms with Crippen molar-refractivity contribution in [3.63, 3.8) is 0 Å². The topological polar surface area (TPSA) is 58.6 Å². The lowest BCUT2D eigenvalue weighted by atomic mass is 10.4. The molecule has 2 rings (SSSR count). The first-order chi connectivity index (χ1) is 6.79. The Labute approximate surface area is 90.7 Å². The van der Waals surface area contributed by atoms with E-state index in [2.05, 4.69) is 32.5 Å². The van der Waals surface area contributed by atoms with Gasteiger partial charge in [0.25, 0.3) is 0 Å². The quantitative estimate of drug-likeness (QED) is 0.821. The first-order valence-electron chi connectivity index (χ1n) is 4.41. The molecule has 0 fully saturated rings. The van der Waals surface area contributed by atoms with Crippen LogP contribution in [0.1, 0.15) is 5.69 Å². The van der Waals surface area contributed by atoms with Crippen molar-refractivity contribution < 1.29 is 0 Å². The van der Waals surface area contributed by atoms with E-state index < -0.39 is 0 Å². The molecule has 76 valence electrons. The largest absolute Gasteiger partial charge is 0.329 e. The third kappa shape index (κ3) is 1.97. The summed E-state index contributed by atoms with van der Waals surface area (Å²) in [4.78, 5) is 0. The molecule has 0 bridgehead atoms. The van der Waals surface area contributed by atoms with Gasteiger partial charge < -0.3 is 10.3 Å². The Morgan fingerprint density at radius 3 is 3.29 bits per heavy atom. The fraction of sp³-hybridized carbons (Fsp3) is 0.375. The second-order valence-electron chi connectivity index (χ2n) is 3.04. The van der Waals surface area contributed by atoms with Crippen molar-refractivity contribution >= 4 is 22.3 Å². The molecular weight excluding hydrogens is 246 g/mol. The molecule has 2 heterocycles. The Balaban J connectivity index is 2.05. The number of hydrogen-bond acceptors (Lipinski definition) is 4. The van der Waals surface area contributed by atoms with Crippen molar-refractivity contribution in [2.24, 2.45) is 10.8 Å². The molecule has 1 aromatic rings. The molecule has 0 saturated carbocycles. The van der Waals surface area contributed by atoms with Crippen LogP contribution in [0.15, 0.2) is 21.8 Å². The zero-order chi connectivity index (χ0) is 9.97. The molecule has 3 N–H and O–H groups in total. The second-order valence-corrected chi connectivity index (χ2v) is 3.96. The van der Waals surface area contributed by atoms with Gasteiger partial charge in [-0.1, -0.05) is 0 Å². The lowest BCUT2D eigenvalue weighted by molar-refractivity contribution is 0.181. The average Bonchev–Trinajstić information content (AvgIpc) is 2.54. The maximum absolute atomic E-state index is 5.39. The van der Waals surface area contributed by atoms with Gasteiger partial charge in [0.1, 0.15) is 6.34 Å². The molecule has 6 heteroatoms. The molecule has 5 nitrogen and oxygen atoms in total. The molecular formula is C8H12BrN5. The van der Waals surface area contributed by atoms with Gasteiger partial charge in [-0.2, -0.15) is 5.10 Å².